The van der Waals surface area contributed by atoms with E-state index in [0.29, 0.717) is 6.04 Å². The van der Waals surface area contributed by atoms with Gasteiger partial charge >= 0.3 is 0 Å². The smallest absolute Gasteiger partial charge is 0.0143 e. The molecule has 2 saturated carbocycles. The van der Waals surface area contributed by atoms with Crippen molar-refractivity contribution < 1.29 is 0 Å². The van der Waals surface area contributed by atoms with Crippen molar-refractivity contribution in [1.82, 2.24) is 5.32 Å². The third kappa shape index (κ3) is 2.37. The van der Waals surface area contributed by atoms with E-state index in [-0.39, 0.29) is 0 Å². The lowest BCUT2D eigenvalue weighted by Gasteiger charge is -2.30. The molecule has 4 unspecified atom stereocenters. The average molecular weight is 263 g/mol. The van der Waals surface area contributed by atoms with Gasteiger partial charge in [-0.3, -0.25) is 0 Å². The standard InChI is InChI=1S/C16H25NS/c1-3-13-6-7-14(18-13)10-16(17-2)15-9-11-4-5-12(15)8-11/h6-7,11-12,15-17H,3-5,8-10H2,1-2H3. The molecule has 0 spiro atoms. The van der Waals surface area contributed by atoms with Crippen molar-refractivity contribution >= 4 is 11.3 Å². The summed E-state index contributed by atoms with van der Waals surface area (Å²) in [6.45, 7) is 2.25. The fourth-order valence-corrected chi connectivity index (χ4v) is 5.21. The highest BCUT2D eigenvalue weighted by molar-refractivity contribution is 7.11. The van der Waals surface area contributed by atoms with E-state index < -0.39 is 0 Å². The lowest BCUT2D eigenvalue weighted by Crippen LogP contribution is -2.38. The molecule has 0 amide bonds. The van der Waals surface area contributed by atoms with Crippen molar-refractivity contribution in [2.75, 3.05) is 7.05 Å². The quantitative estimate of drug-likeness (QED) is 0.850. The minimum absolute atomic E-state index is 0.712. The maximum Gasteiger partial charge on any atom is 0.0143 e. The van der Waals surface area contributed by atoms with E-state index in [1.807, 2.05) is 11.3 Å². The summed E-state index contributed by atoms with van der Waals surface area (Å²) in [5.74, 6) is 3.03. The zero-order valence-corrected chi connectivity index (χ0v) is 12.4. The van der Waals surface area contributed by atoms with Crippen LogP contribution in [0.2, 0.25) is 0 Å². The van der Waals surface area contributed by atoms with E-state index in [9.17, 15) is 0 Å². The zero-order chi connectivity index (χ0) is 12.5. The first kappa shape index (κ1) is 12.7. The minimum Gasteiger partial charge on any atom is -0.316 e. The molecule has 0 saturated heterocycles. The van der Waals surface area contributed by atoms with Gasteiger partial charge in [0, 0.05) is 15.8 Å². The minimum atomic E-state index is 0.712. The summed E-state index contributed by atoms with van der Waals surface area (Å²) in [6, 6.07) is 5.37. The Kier molecular flexibility index (Phi) is 3.76. The molecule has 4 atom stereocenters. The number of likely N-dealkylation sites (N-methyl/N-ethyl adjacent to an activating group) is 1. The highest BCUT2D eigenvalue weighted by atomic mass is 32.1. The molecule has 2 fully saturated rings. The van der Waals surface area contributed by atoms with Crippen LogP contribution in [0.1, 0.15) is 42.4 Å². The van der Waals surface area contributed by atoms with Gasteiger partial charge in [0.05, 0.1) is 0 Å². The molecule has 2 aliphatic rings. The van der Waals surface area contributed by atoms with Gasteiger partial charge in [0.2, 0.25) is 0 Å². The first-order valence-electron chi connectivity index (χ1n) is 7.55. The first-order valence-corrected chi connectivity index (χ1v) is 8.36. The lowest BCUT2D eigenvalue weighted by atomic mass is 9.82. The molecule has 3 rings (SSSR count). The van der Waals surface area contributed by atoms with Crippen molar-refractivity contribution in [1.29, 1.82) is 0 Å². The number of aryl methyl sites for hydroxylation is 1. The summed E-state index contributed by atoms with van der Waals surface area (Å²) in [5.41, 5.74) is 0. The van der Waals surface area contributed by atoms with Crippen molar-refractivity contribution in [2.24, 2.45) is 17.8 Å². The Balaban J connectivity index is 1.65. The van der Waals surface area contributed by atoms with Crippen molar-refractivity contribution in [3.05, 3.63) is 21.9 Å². The topological polar surface area (TPSA) is 12.0 Å². The van der Waals surface area contributed by atoms with Gasteiger partial charge in [-0.05, 0) is 69.0 Å². The number of rotatable bonds is 5. The Hall–Kier alpha value is -0.340. The fourth-order valence-electron chi connectivity index (χ4n) is 4.19. The summed E-state index contributed by atoms with van der Waals surface area (Å²) in [5, 5.41) is 3.61. The van der Waals surface area contributed by atoms with E-state index in [0.717, 1.165) is 17.8 Å². The molecule has 0 radical (unpaired) electrons. The summed E-state index contributed by atoms with van der Waals surface area (Å²) in [4.78, 5) is 3.11. The largest absolute Gasteiger partial charge is 0.316 e. The first-order chi connectivity index (χ1) is 8.80. The van der Waals surface area contributed by atoms with Gasteiger partial charge in [-0.25, -0.2) is 0 Å². The predicted octanol–water partition coefficient (Wildman–Crippen LogP) is 3.88. The van der Waals surface area contributed by atoms with Crippen LogP contribution in [0.5, 0.6) is 0 Å². The van der Waals surface area contributed by atoms with Gasteiger partial charge in [0.25, 0.3) is 0 Å². The van der Waals surface area contributed by atoms with Crippen LogP contribution < -0.4 is 5.32 Å². The Bertz CT molecular complexity index is 398. The van der Waals surface area contributed by atoms with E-state index in [1.54, 1.807) is 4.88 Å². The van der Waals surface area contributed by atoms with Crippen LogP contribution in [0.15, 0.2) is 12.1 Å². The Morgan fingerprint density at radius 1 is 1.28 bits per heavy atom. The van der Waals surface area contributed by atoms with Crippen LogP contribution in [0.4, 0.5) is 0 Å². The van der Waals surface area contributed by atoms with E-state index in [1.165, 1.54) is 43.4 Å². The molecular weight excluding hydrogens is 238 g/mol. The third-order valence-electron chi connectivity index (χ3n) is 5.17. The SMILES string of the molecule is CCc1ccc(CC(NC)C2CC3CCC2C3)s1. The molecule has 0 aromatic carbocycles. The number of fused-ring (bicyclic) bond motifs is 2. The monoisotopic (exact) mass is 263 g/mol. The normalized spacial score (nSPS) is 32.0. The van der Waals surface area contributed by atoms with Gasteiger partial charge in [-0.1, -0.05) is 13.3 Å². The molecule has 1 N–H and O–H groups in total. The van der Waals surface area contributed by atoms with Crippen LogP contribution in [0.3, 0.4) is 0 Å². The van der Waals surface area contributed by atoms with Crippen molar-refractivity contribution in [3.8, 4) is 0 Å². The molecule has 1 aromatic rings. The summed E-state index contributed by atoms with van der Waals surface area (Å²) in [7, 11) is 2.16. The van der Waals surface area contributed by atoms with Crippen LogP contribution in [0, 0.1) is 17.8 Å². The fraction of sp³-hybridized carbons (Fsp3) is 0.750. The highest BCUT2D eigenvalue weighted by Crippen LogP contribution is 2.49. The Morgan fingerprint density at radius 3 is 2.67 bits per heavy atom. The van der Waals surface area contributed by atoms with E-state index in [4.69, 9.17) is 0 Å². The predicted molar refractivity (Wildman–Crippen MR) is 79.2 cm³/mol. The number of thiophene rings is 1. The molecule has 2 aliphatic carbocycles. The summed E-state index contributed by atoms with van der Waals surface area (Å²) in [6.07, 6.45) is 8.45. The second kappa shape index (κ2) is 5.34. The number of hydrogen-bond acceptors (Lipinski definition) is 2. The molecule has 2 bridgehead atoms. The molecule has 1 aromatic heterocycles. The molecule has 2 heteroatoms. The second-order valence-corrected chi connectivity index (χ2v) is 7.41. The van der Waals surface area contributed by atoms with Gasteiger partial charge in [-0.15, -0.1) is 11.3 Å². The van der Waals surface area contributed by atoms with Crippen LogP contribution >= 0.6 is 11.3 Å². The average Bonchev–Trinajstić information content (AvgIpc) is 3.11. The molecular formula is C16H25NS. The van der Waals surface area contributed by atoms with E-state index >= 15 is 0 Å². The third-order valence-corrected chi connectivity index (χ3v) is 6.42. The maximum absolute atomic E-state index is 3.61. The van der Waals surface area contributed by atoms with Gasteiger partial charge in [0.1, 0.15) is 0 Å². The zero-order valence-electron chi connectivity index (χ0n) is 11.6. The Labute approximate surface area is 115 Å². The van der Waals surface area contributed by atoms with Crippen LogP contribution in [-0.4, -0.2) is 13.1 Å². The van der Waals surface area contributed by atoms with Crippen LogP contribution in [-0.2, 0) is 12.8 Å². The Morgan fingerprint density at radius 2 is 2.11 bits per heavy atom. The van der Waals surface area contributed by atoms with Gasteiger partial charge in [-0.2, -0.15) is 0 Å². The molecule has 1 heterocycles. The van der Waals surface area contributed by atoms with Crippen molar-refractivity contribution in [2.45, 2.75) is 51.5 Å². The summed E-state index contributed by atoms with van der Waals surface area (Å²) < 4.78 is 0. The maximum atomic E-state index is 3.61. The van der Waals surface area contributed by atoms with Gasteiger partial charge in [0.15, 0.2) is 0 Å². The van der Waals surface area contributed by atoms with Crippen molar-refractivity contribution in [3.63, 3.8) is 0 Å². The van der Waals surface area contributed by atoms with Crippen LogP contribution in [0.25, 0.3) is 0 Å². The molecule has 100 valence electrons. The van der Waals surface area contributed by atoms with Gasteiger partial charge < -0.3 is 5.32 Å². The second-order valence-electron chi connectivity index (χ2n) is 6.16. The van der Waals surface area contributed by atoms with E-state index in [2.05, 4.69) is 31.4 Å². The summed E-state index contributed by atoms with van der Waals surface area (Å²) >= 11 is 2.02. The highest BCUT2D eigenvalue weighted by Gasteiger charge is 2.42. The molecule has 18 heavy (non-hydrogen) atoms. The number of hydrogen-bond donors (Lipinski definition) is 1. The molecule has 0 aliphatic heterocycles. The molecule has 1 nitrogen and oxygen atoms in total. The lowest BCUT2D eigenvalue weighted by molar-refractivity contribution is 0.256. The number of nitrogens with one attached hydrogen (secondary N) is 1.